The van der Waals surface area contributed by atoms with Crippen LogP contribution in [0.5, 0.6) is 0 Å². The highest BCUT2D eigenvalue weighted by Gasteiger charge is 2.57. The van der Waals surface area contributed by atoms with E-state index in [4.69, 9.17) is 18.3 Å². The van der Waals surface area contributed by atoms with Gasteiger partial charge in [0.15, 0.2) is 0 Å². The summed E-state index contributed by atoms with van der Waals surface area (Å²) < 4.78 is 30.4. The molecule has 1 fully saturated rings. The van der Waals surface area contributed by atoms with Gasteiger partial charge in [-0.05, 0) is 6.42 Å². The van der Waals surface area contributed by atoms with Crippen LogP contribution in [-0.4, -0.2) is 6.61 Å². The number of ether oxygens (including phenoxy) is 1. The summed E-state index contributed by atoms with van der Waals surface area (Å²) in [7, 11) is -3.22. The van der Waals surface area contributed by atoms with Crippen molar-refractivity contribution in [1.82, 2.24) is 0 Å². The standard InChI is InChI=1S/C8H13O5P/c1-2-3-4-5-6-10-7-8-12-14(9,11-7)13-8/h2-6H2,1H3. The maximum absolute atomic E-state index is 11.0. The second kappa shape index (κ2) is 3.73. The lowest BCUT2D eigenvalue weighted by molar-refractivity contribution is 0.0983. The number of unbranched alkanes of at least 4 members (excludes halogenated alkanes) is 3. The van der Waals surface area contributed by atoms with Crippen LogP contribution in [0.4, 0.5) is 0 Å². The molecule has 0 N–H and O–H groups in total. The number of fused-ring (bicyclic) bond motifs is 1. The molecule has 3 aliphatic heterocycles. The average molecular weight is 220 g/mol. The molecule has 0 radical (unpaired) electrons. The van der Waals surface area contributed by atoms with Crippen molar-refractivity contribution in [2.45, 2.75) is 32.6 Å². The van der Waals surface area contributed by atoms with E-state index >= 15 is 0 Å². The highest BCUT2D eigenvalue weighted by atomic mass is 31.2. The van der Waals surface area contributed by atoms with E-state index < -0.39 is 7.82 Å². The maximum atomic E-state index is 11.0. The van der Waals surface area contributed by atoms with Gasteiger partial charge in [-0.3, -0.25) is 0 Å². The van der Waals surface area contributed by atoms with Crippen LogP contribution in [0.25, 0.3) is 0 Å². The molecule has 3 aliphatic rings. The third kappa shape index (κ3) is 1.82. The van der Waals surface area contributed by atoms with Crippen molar-refractivity contribution < 1.29 is 22.9 Å². The summed E-state index contributed by atoms with van der Waals surface area (Å²) in [6, 6.07) is 0. The average Bonchev–Trinajstić information content (AvgIpc) is 2.57. The summed E-state index contributed by atoms with van der Waals surface area (Å²) in [6.07, 6.45) is 4.46. The Morgan fingerprint density at radius 3 is 2.57 bits per heavy atom. The third-order valence-corrected chi connectivity index (χ3v) is 3.15. The van der Waals surface area contributed by atoms with Crippen LogP contribution in [0.3, 0.4) is 0 Å². The fourth-order valence-electron chi connectivity index (χ4n) is 1.24. The molecule has 0 aliphatic carbocycles. The lowest BCUT2D eigenvalue weighted by atomic mass is 10.2. The Kier molecular flexibility index (Phi) is 2.59. The van der Waals surface area contributed by atoms with E-state index in [-0.39, 0.29) is 11.9 Å². The van der Waals surface area contributed by atoms with Crippen molar-refractivity contribution in [1.29, 1.82) is 0 Å². The molecule has 6 heteroatoms. The molecule has 0 saturated carbocycles. The lowest BCUT2D eigenvalue weighted by Gasteiger charge is -2.14. The predicted octanol–water partition coefficient (Wildman–Crippen LogP) is 2.90. The van der Waals surface area contributed by atoms with E-state index in [0.717, 1.165) is 12.8 Å². The SMILES string of the molecule is CCCCCCOC1=C2OP(=O)(O1)O2. The molecule has 1 saturated heterocycles. The Labute approximate surface area is 82.6 Å². The summed E-state index contributed by atoms with van der Waals surface area (Å²) in [6.45, 7) is 2.69. The van der Waals surface area contributed by atoms with Crippen molar-refractivity contribution >= 4 is 7.82 Å². The van der Waals surface area contributed by atoms with E-state index in [1.54, 1.807) is 0 Å². The quantitative estimate of drug-likeness (QED) is 0.508. The first-order valence-corrected chi connectivity index (χ1v) is 6.25. The minimum atomic E-state index is -3.22. The number of phosphoric ester groups is 1. The fraction of sp³-hybridized carbons (Fsp3) is 0.750. The molecule has 0 spiro atoms. The largest absolute Gasteiger partial charge is 0.654 e. The lowest BCUT2D eigenvalue weighted by Crippen LogP contribution is -2.00. The summed E-state index contributed by atoms with van der Waals surface area (Å²) in [4.78, 5) is 0. The van der Waals surface area contributed by atoms with Gasteiger partial charge in [-0.2, -0.15) is 4.57 Å². The van der Waals surface area contributed by atoms with Gasteiger partial charge in [0.05, 0.1) is 6.61 Å². The van der Waals surface area contributed by atoms with Gasteiger partial charge in [-0.25, -0.2) is 0 Å². The zero-order chi connectivity index (χ0) is 10.0. The molecule has 5 nitrogen and oxygen atoms in total. The van der Waals surface area contributed by atoms with Crippen LogP contribution < -0.4 is 0 Å². The van der Waals surface area contributed by atoms with Crippen molar-refractivity contribution in [3.8, 4) is 0 Å². The van der Waals surface area contributed by atoms with E-state index in [2.05, 4.69) is 6.92 Å². The molecule has 0 atom stereocenters. The second-order valence-electron chi connectivity index (χ2n) is 3.21. The number of phosphoric acid groups is 1. The third-order valence-electron chi connectivity index (χ3n) is 1.98. The van der Waals surface area contributed by atoms with E-state index in [9.17, 15) is 4.57 Å². The number of rotatable bonds is 6. The molecule has 14 heavy (non-hydrogen) atoms. The molecule has 0 amide bonds. The minimum absolute atomic E-state index is 0.129. The molecule has 3 heterocycles. The number of hydrogen-bond acceptors (Lipinski definition) is 5. The van der Waals surface area contributed by atoms with Gasteiger partial charge in [0.1, 0.15) is 0 Å². The summed E-state index contributed by atoms with van der Waals surface area (Å²) >= 11 is 0. The van der Waals surface area contributed by atoms with Crippen molar-refractivity contribution in [2.75, 3.05) is 6.61 Å². The summed E-state index contributed by atoms with van der Waals surface area (Å²) in [5.74, 6) is 0.272. The highest BCUT2D eigenvalue weighted by molar-refractivity contribution is 7.50. The topological polar surface area (TPSA) is 54.0 Å². The molecule has 0 aromatic heterocycles. The van der Waals surface area contributed by atoms with Crippen LogP contribution in [0.15, 0.2) is 11.9 Å². The van der Waals surface area contributed by atoms with Crippen LogP contribution in [0.1, 0.15) is 32.6 Å². The molecule has 3 rings (SSSR count). The van der Waals surface area contributed by atoms with Crippen LogP contribution in [0.2, 0.25) is 0 Å². The molecule has 80 valence electrons. The Morgan fingerprint density at radius 1 is 1.21 bits per heavy atom. The van der Waals surface area contributed by atoms with Crippen LogP contribution >= 0.6 is 7.82 Å². The van der Waals surface area contributed by atoms with E-state index in [0.29, 0.717) is 6.61 Å². The monoisotopic (exact) mass is 220 g/mol. The normalized spacial score (nSPS) is 20.6. The Hall–Kier alpha value is -0.830. The van der Waals surface area contributed by atoms with Gasteiger partial charge in [0.2, 0.25) is 0 Å². The molecule has 0 unspecified atom stereocenters. The van der Waals surface area contributed by atoms with Gasteiger partial charge in [0.25, 0.3) is 0 Å². The van der Waals surface area contributed by atoms with Gasteiger partial charge in [0, 0.05) is 0 Å². The first kappa shape index (κ1) is 9.71. The first-order chi connectivity index (χ1) is 6.73. The number of hydrogen-bond donors (Lipinski definition) is 0. The molecule has 2 bridgehead atoms. The predicted molar refractivity (Wildman–Crippen MR) is 48.0 cm³/mol. The Bertz CT molecular complexity index is 286. The summed E-state index contributed by atoms with van der Waals surface area (Å²) in [5, 5.41) is 0. The zero-order valence-corrected chi connectivity index (χ0v) is 8.92. The van der Waals surface area contributed by atoms with Gasteiger partial charge < -0.3 is 18.3 Å². The highest BCUT2D eigenvalue weighted by Crippen LogP contribution is 2.70. The van der Waals surface area contributed by atoms with Crippen molar-refractivity contribution in [3.63, 3.8) is 0 Å². The smallest absolute Gasteiger partial charge is 0.460 e. The van der Waals surface area contributed by atoms with E-state index in [1.165, 1.54) is 12.8 Å². The Morgan fingerprint density at radius 2 is 2.00 bits per heavy atom. The minimum Gasteiger partial charge on any atom is -0.460 e. The van der Waals surface area contributed by atoms with Crippen molar-refractivity contribution in [2.24, 2.45) is 0 Å². The molecule has 0 aromatic rings. The second-order valence-corrected chi connectivity index (χ2v) is 4.65. The van der Waals surface area contributed by atoms with Gasteiger partial charge in [-0.15, -0.1) is 0 Å². The maximum Gasteiger partial charge on any atom is 0.654 e. The zero-order valence-electron chi connectivity index (χ0n) is 8.02. The van der Waals surface area contributed by atoms with E-state index in [1.807, 2.05) is 0 Å². The first-order valence-electron chi connectivity index (χ1n) is 4.79. The van der Waals surface area contributed by atoms with Crippen LogP contribution in [0, 0.1) is 0 Å². The molecular weight excluding hydrogens is 207 g/mol. The fourth-order valence-corrected chi connectivity index (χ4v) is 2.21. The Balaban J connectivity index is 1.63. The van der Waals surface area contributed by atoms with Crippen molar-refractivity contribution in [3.05, 3.63) is 11.9 Å². The molecular formula is C8H13O5P. The summed E-state index contributed by atoms with van der Waals surface area (Å²) in [5.41, 5.74) is 0. The molecule has 0 aromatic carbocycles. The van der Waals surface area contributed by atoms with Gasteiger partial charge >= 0.3 is 19.7 Å². The van der Waals surface area contributed by atoms with Gasteiger partial charge in [-0.1, -0.05) is 26.2 Å². The van der Waals surface area contributed by atoms with Crippen LogP contribution in [-0.2, 0) is 22.9 Å².